The van der Waals surface area contributed by atoms with Crippen molar-refractivity contribution in [3.8, 4) is 5.75 Å². The lowest BCUT2D eigenvalue weighted by atomic mass is 9.97. The summed E-state index contributed by atoms with van der Waals surface area (Å²) >= 11 is 0. The van der Waals surface area contributed by atoms with Gasteiger partial charge in [0.15, 0.2) is 0 Å². The Morgan fingerprint density at radius 2 is 1.91 bits per heavy atom. The van der Waals surface area contributed by atoms with Crippen molar-refractivity contribution in [3.63, 3.8) is 0 Å². The van der Waals surface area contributed by atoms with Gasteiger partial charge >= 0.3 is 5.97 Å². The molecule has 2 atom stereocenters. The van der Waals surface area contributed by atoms with Crippen LogP contribution in [0, 0.1) is 5.92 Å². The SMILES string of the molecule is CCC(C)C(NC(=O)c1c(OC)ccc2ccccc12)C(=O)O. The Balaban J connectivity index is 2.45. The molecule has 5 heteroatoms. The van der Waals surface area contributed by atoms with Crippen LogP contribution in [-0.4, -0.2) is 30.1 Å². The predicted octanol–water partition coefficient (Wildman–Crippen LogP) is 3.08. The molecule has 0 aromatic heterocycles. The van der Waals surface area contributed by atoms with E-state index < -0.39 is 17.9 Å². The van der Waals surface area contributed by atoms with Gasteiger partial charge < -0.3 is 15.2 Å². The molecule has 0 fully saturated rings. The number of nitrogens with one attached hydrogen (secondary N) is 1. The lowest BCUT2D eigenvalue weighted by Crippen LogP contribution is -2.45. The first-order chi connectivity index (χ1) is 11.0. The molecular weight excluding hydrogens is 294 g/mol. The maximum atomic E-state index is 12.7. The van der Waals surface area contributed by atoms with Gasteiger partial charge in [0.2, 0.25) is 0 Å². The first kappa shape index (κ1) is 16.8. The highest BCUT2D eigenvalue weighted by Crippen LogP contribution is 2.28. The molecule has 2 unspecified atom stereocenters. The first-order valence-corrected chi connectivity index (χ1v) is 7.59. The summed E-state index contributed by atoms with van der Waals surface area (Å²) < 4.78 is 5.30. The lowest BCUT2D eigenvalue weighted by Gasteiger charge is -2.21. The summed E-state index contributed by atoms with van der Waals surface area (Å²) in [5, 5.41) is 13.6. The van der Waals surface area contributed by atoms with Crippen molar-refractivity contribution in [1.82, 2.24) is 5.32 Å². The summed E-state index contributed by atoms with van der Waals surface area (Å²) in [4.78, 5) is 24.2. The van der Waals surface area contributed by atoms with Gasteiger partial charge in [0.05, 0.1) is 12.7 Å². The fourth-order valence-electron chi connectivity index (χ4n) is 2.55. The number of ether oxygens (including phenoxy) is 1. The van der Waals surface area contributed by atoms with Gasteiger partial charge in [-0.05, 0) is 22.8 Å². The number of fused-ring (bicyclic) bond motifs is 1. The molecule has 0 saturated heterocycles. The Morgan fingerprint density at radius 1 is 1.22 bits per heavy atom. The third kappa shape index (κ3) is 3.44. The molecule has 2 aromatic carbocycles. The number of benzene rings is 2. The van der Waals surface area contributed by atoms with E-state index in [9.17, 15) is 14.7 Å². The van der Waals surface area contributed by atoms with Crippen LogP contribution in [0.15, 0.2) is 36.4 Å². The van der Waals surface area contributed by atoms with Crippen LogP contribution in [0.3, 0.4) is 0 Å². The van der Waals surface area contributed by atoms with Gasteiger partial charge in [-0.15, -0.1) is 0 Å². The Kier molecular flexibility index (Phi) is 5.21. The van der Waals surface area contributed by atoms with E-state index in [1.54, 1.807) is 13.0 Å². The Labute approximate surface area is 135 Å². The second-order valence-electron chi connectivity index (χ2n) is 5.54. The first-order valence-electron chi connectivity index (χ1n) is 7.59. The van der Waals surface area contributed by atoms with Crippen molar-refractivity contribution in [2.75, 3.05) is 7.11 Å². The molecule has 0 saturated carbocycles. The maximum Gasteiger partial charge on any atom is 0.326 e. The van der Waals surface area contributed by atoms with Crippen LogP contribution in [0.25, 0.3) is 10.8 Å². The number of carboxylic acid groups (broad SMARTS) is 1. The molecule has 0 aliphatic carbocycles. The third-order valence-electron chi connectivity index (χ3n) is 4.10. The lowest BCUT2D eigenvalue weighted by molar-refractivity contribution is -0.140. The molecule has 0 aliphatic heterocycles. The van der Waals surface area contributed by atoms with Crippen LogP contribution in [-0.2, 0) is 4.79 Å². The molecule has 2 N–H and O–H groups in total. The molecule has 0 bridgehead atoms. The summed E-state index contributed by atoms with van der Waals surface area (Å²) in [6.45, 7) is 3.70. The molecule has 5 nitrogen and oxygen atoms in total. The van der Waals surface area contributed by atoms with Gasteiger partial charge in [-0.2, -0.15) is 0 Å². The van der Waals surface area contributed by atoms with E-state index in [2.05, 4.69) is 5.32 Å². The highest BCUT2D eigenvalue weighted by atomic mass is 16.5. The van der Waals surface area contributed by atoms with E-state index in [-0.39, 0.29) is 5.92 Å². The van der Waals surface area contributed by atoms with Crippen molar-refractivity contribution >= 4 is 22.6 Å². The molecule has 1 amide bonds. The van der Waals surface area contributed by atoms with Gasteiger partial charge in [0.1, 0.15) is 11.8 Å². The summed E-state index contributed by atoms with van der Waals surface area (Å²) in [6.07, 6.45) is 0.657. The number of carbonyl (C=O) groups is 2. The summed E-state index contributed by atoms with van der Waals surface area (Å²) in [5.41, 5.74) is 0.361. The number of rotatable bonds is 6. The second kappa shape index (κ2) is 7.13. The average molecular weight is 315 g/mol. The van der Waals surface area contributed by atoms with Crippen LogP contribution in [0.4, 0.5) is 0 Å². The van der Waals surface area contributed by atoms with Crippen molar-refractivity contribution in [3.05, 3.63) is 42.0 Å². The van der Waals surface area contributed by atoms with E-state index in [0.29, 0.717) is 17.7 Å². The smallest absolute Gasteiger partial charge is 0.326 e. The van der Waals surface area contributed by atoms with E-state index in [0.717, 1.165) is 10.8 Å². The number of amides is 1. The topological polar surface area (TPSA) is 75.6 Å². The minimum absolute atomic E-state index is 0.169. The number of hydrogen-bond acceptors (Lipinski definition) is 3. The van der Waals surface area contributed by atoms with E-state index in [1.165, 1.54) is 7.11 Å². The zero-order chi connectivity index (χ0) is 17.0. The van der Waals surface area contributed by atoms with Crippen molar-refractivity contribution in [2.24, 2.45) is 5.92 Å². The second-order valence-corrected chi connectivity index (χ2v) is 5.54. The fraction of sp³-hybridized carbons (Fsp3) is 0.333. The van der Waals surface area contributed by atoms with Gasteiger partial charge in [0.25, 0.3) is 5.91 Å². The molecular formula is C18H21NO4. The molecule has 2 rings (SSSR count). The van der Waals surface area contributed by atoms with Crippen molar-refractivity contribution < 1.29 is 19.4 Å². The van der Waals surface area contributed by atoms with E-state index >= 15 is 0 Å². The highest BCUT2D eigenvalue weighted by molar-refractivity contribution is 6.10. The maximum absolute atomic E-state index is 12.7. The standard InChI is InChI=1S/C18H21NO4/c1-4-11(2)16(18(21)22)19-17(20)15-13-8-6-5-7-12(13)9-10-14(15)23-3/h5-11,16H,4H2,1-3H3,(H,19,20)(H,21,22). The minimum atomic E-state index is -1.04. The third-order valence-corrected chi connectivity index (χ3v) is 4.10. The molecule has 122 valence electrons. The van der Waals surface area contributed by atoms with E-state index in [1.807, 2.05) is 37.3 Å². The number of hydrogen-bond donors (Lipinski definition) is 2. The zero-order valence-electron chi connectivity index (χ0n) is 13.5. The highest BCUT2D eigenvalue weighted by Gasteiger charge is 2.27. The quantitative estimate of drug-likeness (QED) is 0.859. The molecule has 2 aromatic rings. The van der Waals surface area contributed by atoms with Crippen molar-refractivity contribution in [1.29, 1.82) is 0 Å². The van der Waals surface area contributed by atoms with Crippen LogP contribution < -0.4 is 10.1 Å². The Morgan fingerprint density at radius 3 is 2.52 bits per heavy atom. The molecule has 23 heavy (non-hydrogen) atoms. The largest absolute Gasteiger partial charge is 0.496 e. The normalized spacial score (nSPS) is 13.3. The summed E-state index contributed by atoms with van der Waals surface area (Å²) in [7, 11) is 1.49. The molecule has 0 heterocycles. The number of methoxy groups -OCH3 is 1. The Bertz CT molecular complexity index is 726. The van der Waals surface area contributed by atoms with Crippen molar-refractivity contribution in [2.45, 2.75) is 26.3 Å². The minimum Gasteiger partial charge on any atom is -0.496 e. The fourth-order valence-corrected chi connectivity index (χ4v) is 2.55. The van der Waals surface area contributed by atoms with Gasteiger partial charge in [0, 0.05) is 0 Å². The van der Waals surface area contributed by atoms with Gasteiger partial charge in [-0.25, -0.2) is 4.79 Å². The number of aliphatic carboxylic acids is 1. The zero-order valence-corrected chi connectivity index (χ0v) is 13.5. The predicted molar refractivity (Wildman–Crippen MR) is 88.8 cm³/mol. The summed E-state index contributed by atoms with van der Waals surface area (Å²) in [5.74, 6) is -1.22. The monoisotopic (exact) mass is 315 g/mol. The summed E-state index contributed by atoms with van der Waals surface area (Å²) in [6, 6.07) is 10.1. The molecule has 0 aliphatic rings. The average Bonchev–Trinajstić information content (AvgIpc) is 2.57. The Hall–Kier alpha value is -2.56. The number of carbonyl (C=O) groups excluding carboxylic acids is 1. The van der Waals surface area contributed by atoms with Crippen LogP contribution in [0.1, 0.15) is 30.6 Å². The van der Waals surface area contributed by atoms with Gasteiger partial charge in [-0.1, -0.05) is 50.6 Å². The number of carboxylic acids is 1. The van der Waals surface area contributed by atoms with Gasteiger partial charge in [-0.3, -0.25) is 4.79 Å². The molecule has 0 spiro atoms. The van der Waals surface area contributed by atoms with Crippen LogP contribution in [0.2, 0.25) is 0 Å². The molecule has 0 radical (unpaired) electrons. The van der Waals surface area contributed by atoms with Crippen LogP contribution in [0.5, 0.6) is 5.75 Å². The van der Waals surface area contributed by atoms with Crippen LogP contribution >= 0.6 is 0 Å². The van der Waals surface area contributed by atoms with E-state index in [4.69, 9.17) is 4.74 Å².